The van der Waals surface area contributed by atoms with Crippen molar-refractivity contribution in [3.63, 3.8) is 0 Å². The number of hydrogen-bond donors (Lipinski definition) is 1. The van der Waals surface area contributed by atoms with Gasteiger partial charge in [-0.15, -0.1) is 0 Å². The van der Waals surface area contributed by atoms with E-state index in [0.717, 1.165) is 21.0 Å². The number of benzene rings is 3. The van der Waals surface area contributed by atoms with Crippen molar-refractivity contribution < 1.29 is 17.9 Å². The number of sulfonamides is 1. The highest BCUT2D eigenvalue weighted by Gasteiger charge is 2.28. The lowest BCUT2D eigenvalue weighted by atomic mass is 10.1. The molecule has 32 heavy (non-hydrogen) atoms. The van der Waals surface area contributed by atoms with E-state index in [-0.39, 0.29) is 4.90 Å². The van der Waals surface area contributed by atoms with E-state index in [1.807, 2.05) is 26.0 Å². The molecule has 0 aromatic heterocycles. The van der Waals surface area contributed by atoms with Crippen LogP contribution in [-0.4, -0.2) is 34.2 Å². The first-order chi connectivity index (χ1) is 15.3. The van der Waals surface area contributed by atoms with Crippen molar-refractivity contribution in [3.05, 3.63) is 89.5 Å². The molecule has 0 radical (unpaired) electrons. The second-order valence-electron chi connectivity index (χ2n) is 7.18. The van der Waals surface area contributed by atoms with Gasteiger partial charge in [0.1, 0.15) is 12.3 Å². The van der Waals surface area contributed by atoms with Crippen LogP contribution in [0.4, 0.5) is 5.69 Å². The first kappa shape index (κ1) is 23.0. The molecule has 0 aliphatic carbocycles. The minimum Gasteiger partial charge on any atom is -0.497 e. The quantitative estimate of drug-likeness (QED) is 0.418. The number of hydrogen-bond acceptors (Lipinski definition) is 5. The van der Waals surface area contributed by atoms with Crippen LogP contribution in [-0.2, 0) is 14.8 Å². The third-order valence-electron chi connectivity index (χ3n) is 4.77. The number of ether oxygens (including phenoxy) is 1. The second-order valence-corrected chi connectivity index (χ2v) is 9.04. The molecule has 0 aliphatic heterocycles. The van der Waals surface area contributed by atoms with Gasteiger partial charge in [0.25, 0.3) is 15.9 Å². The van der Waals surface area contributed by atoms with Gasteiger partial charge in [0.2, 0.25) is 0 Å². The van der Waals surface area contributed by atoms with Gasteiger partial charge in [-0.2, -0.15) is 5.10 Å². The minimum absolute atomic E-state index is 0.107. The lowest BCUT2D eigenvalue weighted by Gasteiger charge is -2.25. The molecule has 0 saturated heterocycles. The first-order valence-corrected chi connectivity index (χ1v) is 11.4. The summed E-state index contributed by atoms with van der Waals surface area (Å²) in [5.74, 6) is 0.150. The van der Waals surface area contributed by atoms with E-state index >= 15 is 0 Å². The fourth-order valence-corrected chi connectivity index (χ4v) is 4.54. The van der Waals surface area contributed by atoms with Crippen molar-refractivity contribution in [2.75, 3.05) is 18.0 Å². The van der Waals surface area contributed by atoms with Crippen molar-refractivity contribution in [1.82, 2.24) is 5.43 Å². The monoisotopic (exact) mass is 451 g/mol. The summed E-state index contributed by atoms with van der Waals surface area (Å²) in [5.41, 5.74) is 5.24. The number of carbonyl (C=O) groups is 1. The van der Waals surface area contributed by atoms with Crippen LogP contribution in [0.1, 0.15) is 16.7 Å². The third-order valence-corrected chi connectivity index (χ3v) is 6.54. The Morgan fingerprint density at radius 2 is 1.72 bits per heavy atom. The number of rotatable bonds is 8. The van der Waals surface area contributed by atoms with Crippen molar-refractivity contribution >= 4 is 27.8 Å². The summed E-state index contributed by atoms with van der Waals surface area (Å²) in [6, 6.07) is 20.7. The minimum atomic E-state index is -3.97. The summed E-state index contributed by atoms with van der Waals surface area (Å²) in [4.78, 5) is 12.7. The van der Waals surface area contributed by atoms with E-state index in [9.17, 15) is 13.2 Å². The van der Waals surface area contributed by atoms with Gasteiger partial charge < -0.3 is 4.74 Å². The molecule has 8 heteroatoms. The number of methoxy groups -OCH3 is 1. The summed E-state index contributed by atoms with van der Waals surface area (Å²) in [6.45, 7) is 3.26. The normalized spacial score (nSPS) is 11.3. The molecule has 1 N–H and O–H groups in total. The zero-order chi connectivity index (χ0) is 23.1. The second kappa shape index (κ2) is 10.1. The van der Waals surface area contributed by atoms with Crippen LogP contribution in [0, 0.1) is 13.8 Å². The summed E-state index contributed by atoms with van der Waals surface area (Å²) >= 11 is 0. The molecule has 0 bridgehead atoms. The number of nitrogens with zero attached hydrogens (tertiary/aromatic N) is 2. The Hall–Kier alpha value is -3.65. The van der Waals surface area contributed by atoms with E-state index in [2.05, 4.69) is 10.5 Å². The largest absolute Gasteiger partial charge is 0.497 e. The number of amides is 1. The molecule has 0 fully saturated rings. The third kappa shape index (κ3) is 5.53. The Kier molecular flexibility index (Phi) is 7.27. The molecule has 166 valence electrons. The molecular formula is C24H25N3O4S. The fourth-order valence-electron chi connectivity index (χ4n) is 3.04. The molecule has 0 unspecified atom stereocenters. The predicted molar refractivity (Wildman–Crippen MR) is 126 cm³/mol. The van der Waals surface area contributed by atoms with Crippen molar-refractivity contribution in [2.24, 2.45) is 5.10 Å². The highest BCUT2D eigenvalue weighted by atomic mass is 32.2. The van der Waals surface area contributed by atoms with Crippen LogP contribution < -0.4 is 14.5 Å². The number of hydrazone groups is 1. The van der Waals surface area contributed by atoms with E-state index in [1.54, 1.807) is 55.6 Å². The SMILES string of the molecule is COc1ccc(C=NNC(=O)CN(c2cc(C)ccc2C)S(=O)(=O)c2ccccc2)cc1. The molecule has 3 rings (SSSR count). The smallest absolute Gasteiger partial charge is 0.264 e. The molecule has 3 aromatic rings. The van der Waals surface area contributed by atoms with Gasteiger partial charge in [-0.3, -0.25) is 9.10 Å². The molecule has 0 aliphatic rings. The van der Waals surface area contributed by atoms with Crippen LogP contribution in [0.25, 0.3) is 0 Å². The molecule has 0 heterocycles. The summed E-state index contributed by atoms with van der Waals surface area (Å²) in [6.07, 6.45) is 1.48. The maximum Gasteiger partial charge on any atom is 0.264 e. The molecule has 7 nitrogen and oxygen atoms in total. The molecule has 3 aromatic carbocycles. The van der Waals surface area contributed by atoms with Crippen LogP contribution >= 0.6 is 0 Å². The van der Waals surface area contributed by atoms with Crippen LogP contribution in [0.3, 0.4) is 0 Å². The van der Waals surface area contributed by atoms with E-state index in [4.69, 9.17) is 4.74 Å². The molecule has 0 saturated carbocycles. The average Bonchev–Trinajstić information content (AvgIpc) is 2.80. The zero-order valence-corrected chi connectivity index (χ0v) is 19.0. The van der Waals surface area contributed by atoms with Gasteiger partial charge in [-0.25, -0.2) is 13.8 Å². The highest BCUT2D eigenvalue weighted by molar-refractivity contribution is 7.92. The maximum atomic E-state index is 13.4. The van der Waals surface area contributed by atoms with Gasteiger partial charge in [0, 0.05) is 0 Å². The first-order valence-electron chi connectivity index (χ1n) is 9.92. The Balaban J connectivity index is 1.84. The van der Waals surface area contributed by atoms with E-state index in [1.165, 1.54) is 18.3 Å². The van der Waals surface area contributed by atoms with Gasteiger partial charge in [-0.05, 0) is 73.0 Å². The van der Waals surface area contributed by atoms with E-state index < -0.39 is 22.5 Å². The summed E-state index contributed by atoms with van der Waals surface area (Å²) in [5, 5.41) is 3.95. The predicted octanol–water partition coefficient (Wildman–Crippen LogP) is 3.66. The molecular weight excluding hydrogens is 426 g/mol. The Bertz CT molecular complexity index is 1210. The number of nitrogens with one attached hydrogen (secondary N) is 1. The molecule has 0 atom stereocenters. The van der Waals surface area contributed by atoms with Crippen LogP contribution in [0.15, 0.2) is 82.8 Å². The molecule has 0 spiro atoms. The average molecular weight is 452 g/mol. The van der Waals surface area contributed by atoms with Crippen LogP contribution in [0.2, 0.25) is 0 Å². The fraction of sp³-hybridized carbons (Fsp3) is 0.167. The van der Waals surface area contributed by atoms with Gasteiger partial charge in [-0.1, -0.05) is 30.3 Å². The number of carbonyl (C=O) groups excluding carboxylic acids is 1. The highest BCUT2D eigenvalue weighted by Crippen LogP contribution is 2.27. The van der Waals surface area contributed by atoms with Crippen molar-refractivity contribution in [3.8, 4) is 5.75 Å². The lowest BCUT2D eigenvalue weighted by Crippen LogP contribution is -2.40. The zero-order valence-electron chi connectivity index (χ0n) is 18.1. The van der Waals surface area contributed by atoms with Gasteiger partial charge >= 0.3 is 0 Å². The Morgan fingerprint density at radius 3 is 2.38 bits per heavy atom. The number of aryl methyl sites for hydroxylation is 2. The van der Waals surface area contributed by atoms with Crippen LogP contribution in [0.5, 0.6) is 5.75 Å². The molecule has 1 amide bonds. The van der Waals surface area contributed by atoms with Gasteiger partial charge in [0.15, 0.2) is 0 Å². The summed E-state index contributed by atoms with van der Waals surface area (Å²) in [7, 11) is -2.39. The number of anilines is 1. The van der Waals surface area contributed by atoms with E-state index in [0.29, 0.717) is 11.4 Å². The Morgan fingerprint density at radius 1 is 1.03 bits per heavy atom. The van der Waals surface area contributed by atoms with Crippen molar-refractivity contribution in [1.29, 1.82) is 0 Å². The topological polar surface area (TPSA) is 88.1 Å². The van der Waals surface area contributed by atoms with Gasteiger partial charge in [0.05, 0.1) is 23.9 Å². The summed E-state index contributed by atoms with van der Waals surface area (Å²) < 4.78 is 33.0. The maximum absolute atomic E-state index is 13.4. The Labute approximate surface area is 188 Å². The standard InChI is InChI=1S/C24H25N3O4S/c1-18-9-10-19(2)23(15-18)27(32(29,30)22-7-5-4-6-8-22)17-24(28)26-25-16-20-11-13-21(31-3)14-12-20/h4-16H,17H2,1-3H3,(H,26,28). The lowest BCUT2D eigenvalue weighted by molar-refractivity contribution is -0.119. The van der Waals surface area contributed by atoms with Crippen molar-refractivity contribution in [2.45, 2.75) is 18.7 Å².